The maximum absolute atomic E-state index is 12.1. The molecule has 0 heterocycles. The minimum atomic E-state index is -2.87. The number of carbonyl (C=O) groups is 1. The van der Waals surface area contributed by atoms with E-state index in [1.165, 1.54) is 12.1 Å². The molecule has 0 aromatic heterocycles. The lowest BCUT2D eigenvalue weighted by Gasteiger charge is -2.22. The molecule has 0 aliphatic rings. The van der Waals surface area contributed by atoms with Gasteiger partial charge in [-0.1, -0.05) is 12.1 Å². The molecule has 4 nitrogen and oxygen atoms in total. The van der Waals surface area contributed by atoms with E-state index in [2.05, 4.69) is 10.1 Å². The van der Waals surface area contributed by atoms with Crippen LogP contribution in [0.15, 0.2) is 24.3 Å². The van der Waals surface area contributed by atoms with Crippen molar-refractivity contribution in [3.05, 3.63) is 29.8 Å². The van der Waals surface area contributed by atoms with Crippen LogP contribution >= 0.6 is 0 Å². The molecule has 0 spiro atoms. The lowest BCUT2D eigenvalue weighted by atomic mass is 10.0. The second-order valence-electron chi connectivity index (χ2n) is 4.87. The minimum Gasteiger partial charge on any atom is -0.435 e. The average Bonchev–Trinajstić information content (AvgIpc) is 2.27. The molecular weight excluding hydrogens is 254 g/mol. The molecule has 0 radical (unpaired) electrons. The number of nitrogens with two attached hydrogens (primary N) is 1. The normalized spacial score (nSPS) is 13.2. The van der Waals surface area contributed by atoms with Gasteiger partial charge in [-0.15, -0.1) is 0 Å². The van der Waals surface area contributed by atoms with Gasteiger partial charge >= 0.3 is 6.61 Å². The molecule has 0 aliphatic heterocycles. The molecule has 0 fully saturated rings. The predicted octanol–water partition coefficient (Wildman–Crippen LogP) is 2.20. The van der Waals surface area contributed by atoms with E-state index in [0.717, 1.165) is 0 Å². The van der Waals surface area contributed by atoms with Crippen LogP contribution in [0, 0.1) is 0 Å². The van der Waals surface area contributed by atoms with Crippen molar-refractivity contribution in [1.29, 1.82) is 0 Å². The molecule has 19 heavy (non-hydrogen) atoms. The van der Waals surface area contributed by atoms with Crippen molar-refractivity contribution in [2.45, 2.75) is 39.0 Å². The van der Waals surface area contributed by atoms with E-state index in [1.807, 2.05) is 0 Å². The Labute approximate surface area is 110 Å². The fourth-order valence-corrected chi connectivity index (χ4v) is 1.43. The first kappa shape index (κ1) is 15.4. The zero-order valence-electron chi connectivity index (χ0n) is 11.1. The predicted molar refractivity (Wildman–Crippen MR) is 67.9 cm³/mol. The smallest absolute Gasteiger partial charge is 0.387 e. The van der Waals surface area contributed by atoms with Crippen molar-refractivity contribution < 1.29 is 18.3 Å². The van der Waals surface area contributed by atoms with Gasteiger partial charge in [-0.05, 0) is 38.5 Å². The van der Waals surface area contributed by atoms with Crippen LogP contribution in [0.2, 0.25) is 0 Å². The lowest BCUT2D eigenvalue weighted by molar-refractivity contribution is -0.125. The molecule has 0 bridgehead atoms. The van der Waals surface area contributed by atoms with Crippen LogP contribution in [0.5, 0.6) is 5.75 Å². The molecule has 1 aromatic rings. The first-order valence-electron chi connectivity index (χ1n) is 5.85. The quantitative estimate of drug-likeness (QED) is 0.863. The van der Waals surface area contributed by atoms with Crippen molar-refractivity contribution in [1.82, 2.24) is 5.32 Å². The van der Waals surface area contributed by atoms with Gasteiger partial charge in [-0.2, -0.15) is 8.78 Å². The summed E-state index contributed by atoms with van der Waals surface area (Å²) in [6.07, 6.45) is 0. The van der Waals surface area contributed by atoms with Gasteiger partial charge < -0.3 is 15.8 Å². The summed E-state index contributed by atoms with van der Waals surface area (Å²) in [5.74, 6) is -0.263. The Bertz CT molecular complexity index is 445. The van der Waals surface area contributed by atoms with Crippen molar-refractivity contribution >= 4 is 5.91 Å². The first-order valence-corrected chi connectivity index (χ1v) is 5.85. The summed E-state index contributed by atoms with van der Waals surface area (Å²) in [5.41, 5.74) is 5.33. The van der Waals surface area contributed by atoms with E-state index in [-0.39, 0.29) is 17.7 Å². The van der Waals surface area contributed by atoms with Crippen LogP contribution in [0.4, 0.5) is 8.78 Å². The fraction of sp³-hybridized carbons (Fsp3) is 0.462. The van der Waals surface area contributed by atoms with E-state index >= 15 is 0 Å². The molecule has 106 valence electrons. The third-order valence-electron chi connectivity index (χ3n) is 2.52. The first-order chi connectivity index (χ1) is 8.70. The van der Waals surface area contributed by atoms with E-state index in [9.17, 15) is 13.6 Å². The summed E-state index contributed by atoms with van der Waals surface area (Å²) in [6, 6.07) is 5.84. The van der Waals surface area contributed by atoms with Crippen LogP contribution in [0.1, 0.15) is 32.4 Å². The number of benzene rings is 1. The summed E-state index contributed by atoms with van der Waals surface area (Å²) in [5, 5.41) is 2.71. The van der Waals surface area contributed by atoms with Gasteiger partial charge in [0.2, 0.25) is 5.91 Å². The molecule has 6 heteroatoms. The molecule has 3 N–H and O–H groups in total. The molecule has 0 aliphatic carbocycles. The van der Waals surface area contributed by atoms with Crippen LogP contribution in [-0.4, -0.2) is 18.1 Å². The number of amides is 1. The molecule has 1 aromatic carbocycles. The molecule has 0 saturated heterocycles. The number of hydrogen-bond acceptors (Lipinski definition) is 3. The van der Waals surface area contributed by atoms with Gasteiger partial charge in [0.05, 0.1) is 11.6 Å². The molecule has 1 atom stereocenters. The zero-order chi connectivity index (χ0) is 14.6. The van der Waals surface area contributed by atoms with E-state index in [4.69, 9.17) is 5.73 Å². The van der Waals surface area contributed by atoms with E-state index < -0.39 is 12.2 Å². The highest BCUT2D eigenvalue weighted by Crippen LogP contribution is 2.21. The lowest BCUT2D eigenvalue weighted by Crippen LogP contribution is -2.49. The summed E-state index contributed by atoms with van der Waals surface area (Å²) in [4.78, 5) is 11.7. The molecule has 0 saturated carbocycles. The fourth-order valence-electron chi connectivity index (χ4n) is 1.43. The Kier molecular flexibility index (Phi) is 4.83. The Morgan fingerprint density at radius 2 is 2.05 bits per heavy atom. The molecule has 1 rings (SSSR count). The number of alkyl halides is 2. The number of halogens is 2. The van der Waals surface area contributed by atoms with Gasteiger partial charge in [-0.3, -0.25) is 4.79 Å². The minimum absolute atomic E-state index is 0.0561. The van der Waals surface area contributed by atoms with E-state index in [1.54, 1.807) is 32.9 Å². The Hall–Kier alpha value is -1.69. The summed E-state index contributed by atoms with van der Waals surface area (Å²) < 4.78 is 28.5. The monoisotopic (exact) mass is 272 g/mol. The highest BCUT2D eigenvalue weighted by molar-refractivity contribution is 5.85. The maximum Gasteiger partial charge on any atom is 0.387 e. The summed E-state index contributed by atoms with van der Waals surface area (Å²) in [7, 11) is 0. The highest BCUT2D eigenvalue weighted by Gasteiger charge is 2.23. The standard InChI is InChI=1S/C13H18F2N2O2/c1-8(17-11(18)13(2,3)16)9-5-4-6-10(7-9)19-12(14)15/h4-8,12H,16H2,1-3H3,(H,17,18). The average molecular weight is 272 g/mol. The van der Waals surface area contributed by atoms with Crippen LogP contribution in [0.3, 0.4) is 0 Å². The zero-order valence-corrected chi connectivity index (χ0v) is 11.1. The number of carbonyl (C=O) groups excluding carboxylic acids is 1. The SMILES string of the molecule is CC(NC(=O)C(C)(C)N)c1cccc(OC(F)F)c1. The largest absolute Gasteiger partial charge is 0.435 e. The second kappa shape index (κ2) is 5.97. The van der Waals surface area contributed by atoms with Crippen molar-refractivity contribution in [2.75, 3.05) is 0 Å². The Balaban J connectivity index is 2.77. The van der Waals surface area contributed by atoms with Gasteiger partial charge in [-0.25, -0.2) is 0 Å². The van der Waals surface area contributed by atoms with E-state index in [0.29, 0.717) is 5.56 Å². The molecular formula is C13H18F2N2O2. The number of nitrogens with one attached hydrogen (secondary N) is 1. The highest BCUT2D eigenvalue weighted by atomic mass is 19.3. The van der Waals surface area contributed by atoms with Crippen molar-refractivity contribution in [2.24, 2.45) is 5.73 Å². The second-order valence-corrected chi connectivity index (χ2v) is 4.87. The molecule has 1 unspecified atom stereocenters. The van der Waals surface area contributed by atoms with Crippen LogP contribution in [-0.2, 0) is 4.79 Å². The van der Waals surface area contributed by atoms with Gasteiger partial charge in [0.25, 0.3) is 0 Å². The van der Waals surface area contributed by atoms with Crippen molar-refractivity contribution in [3.63, 3.8) is 0 Å². The van der Waals surface area contributed by atoms with Crippen LogP contribution in [0.25, 0.3) is 0 Å². The van der Waals surface area contributed by atoms with Gasteiger partial charge in [0, 0.05) is 0 Å². The Morgan fingerprint density at radius 1 is 1.42 bits per heavy atom. The Morgan fingerprint density at radius 3 is 2.58 bits per heavy atom. The van der Waals surface area contributed by atoms with Gasteiger partial charge in [0.15, 0.2) is 0 Å². The number of ether oxygens (including phenoxy) is 1. The summed E-state index contributed by atoms with van der Waals surface area (Å²) >= 11 is 0. The third-order valence-corrected chi connectivity index (χ3v) is 2.52. The number of hydrogen-bond donors (Lipinski definition) is 2. The van der Waals surface area contributed by atoms with Crippen molar-refractivity contribution in [3.8, 4) is 5.75 Å². The van der Waals surface area contributed by atoms with Gasteiger partial charge in [0.1, 0.15) is 5.75 Å². The molecule has 1 amide bonds. The summed E-state index contributed by atoms with van der Waals surface area (Å²) in [6.45, 7) is 2.05. The third kappa shape index (κ3) is 4.82. The topological polar surface area (TPSA) is 64.4 Å². The number of rotatable bonds is 5. The maximum atomic E-state index is 12.1. The van der Waals surface area contributed by atoms with Crippen LogP contribution < -0.4 is 15.8 Å².